The fraction of sp³-hybridized carbons (Fsp3) is 0.310. The first-order chi connectivity index (χ1) is 18.4. The fourth-order valence-electron chi connectivity index (χ4n) is 3.84. The monoisotopic (exact) mass is 633 g/mol. The minimum absolute atomic E-state index is 0.00143. The molecule has 0 fully saturated rings. The second kappa shape index (κ2) is 13.5. The summed E-state index contributed by atoms with van der Waals surface area (Å²) in [6.07, 6.45) is 0. The predicted octanol–water partition coefficient (Wildman–Crippen LogP) is 5.80. The Morgan fingerprint density at radius 2 is 1.62 bits per heavy atom. The van der Waals surface area contributed by atoms with Crippen LogP contribution >= 0.6 is 27.5 Å². The number of carbonyl (C=O) groups excluding carboxylic acids is 2. The second-order valence-electron chi connectivity index (χ2n) is 9.77. The number of hydrogen-bond acceptors (Lipinski definition) is 4. The minimum atomic E-state index is -4.14. The van der Waals surface area contributed by atoms with Crippen molar-refractivity contribution in [2.24, 2.45) is 5.92 Å². The summed E-state index contributed by atoms with van der Waals surface area (Å²) < 4.78 is 29.5. The van der Waals surface area contributed by atoms with E-state index in [4.69, 9.17) is 11.6 Å². The molecule has 0 bridgehead atoms. The molecule has 0 saturated heterocycles. The van der Waals surface area contributed by atoms with Gasteiger partial charge in [-0.15, -0.1) is 0 Å². The Balaban J connectivity index is 2.01. The zero-order valence-electron chi connectivity index (χ0n) is 22.4. The number of rotatable bonds is 11. The molecule has 3 aromatic carbocycles. The number of carbonyl (C=O) groups is 2. The Labute approximate surface area is 244 Å². The molecular weight excluding hydrogens is 602 g/mol. The van der Waals surface area contributed by atoms with Crippen LogP contribution in [0.4, 0.5) is 5.69 Å². The Morgan fingerprint density at radius 1 is 0.974 bits per heavy atom. The highest BCUT2D eigenvalue weighted by Gasteiger charge is 2.32. The fourth-order valence-corrected chi connectivity index (χ4v) is 5.83. The Hall–Kier alpha value is -2.88. The molecule has 39 heavy (non-hydrogen) atoms. The third kappa shape index (κ3) is 8.30. The van der Waals surface area contributed by atoms with E-state index in [1.54, 1.807) is 31.2 Å². The van der Waals surface area contributed by atoms with Gasteiger partial charge in [-0.3, -0.25) is 13.9 Å². The van der Waals surface area contributed by atoms with E-state index in [-0.39, 0.29) is 23.3 Å². The van der Waals surface area contributed by atoms with Crippen molar-refractivity contribution in [3.8, 4) is 0 Å². The van der Waals surface area contributed by atoms with E-state index in [1.807, 2.05) is 45.0 Å². The lowest BCUT2D eigenvalue weighted by atomic mass is 10.1. The summed E-state index contributed by atoms with van der Waals surface area (Å²) in [5.41, 5.74) is 2.08. The largest absolute Gasteiger partial charge is 0.354 e. The maximum atomic E-state index is 13.9. The van der Waals surface area contributed by atoms with Gasteiger partial charge in [0.05, 0.1) is 10.6 Å². The van der Waals surface area contributed by atoms with Crippen molar-refractivity contribution in [2.75, 3.05) is 17.4 Å². The molecule has 0 aliphatic carbocycles. The predicted molar refractivity (Wildman–Crippen MR) is 159 cm³/mol. The first kappa shape index (κ1) is 30.7. The average molecular weight is 635 g/mol. The molecule has 2 amide bonds. The van der Waals surface area contributed by atoms with E-state index in [1.165, 1.54) is 29.2 Å². The molecule has 1 atom stereocenters. The van der Waals surface area contributed by atoms with Crippen LogP contribution in [0.3, 0.4) is 0 Å². The van der Waals surface area contributed by atoms with Crippen molar-refractivity contribution in [1.82, 2.24) is 10.2 Å². The number of halogens is 2. The summed E-state index contributed by atoms with van der Waals surface area (Å²) in [6, 6.07) is 19.3. The molecule has 0 unspecified atom stereocenters. The summed E-state index contributed by atoms with van der Waals surface area (Å²) in [5, 5.41) is 3.28. The van der Waals surface area contributed by atoms with Crippen LogP contribution in [0.15, 0.2) is 82.2 Å². The smallest absolute Gasteiger partial charge is 0.264 e. The van der Waals surface area contributed by atoms with Gasteiger partial charge in [0.1, 0.15) is 12.6 Å². The highest BCUT2D eigenvalue weighted by Crippen LogP contribution is 2.26. The third-order valence-electron chi connectivity index (χ3n) is 6.10. The molecule has 1 N–H and O–H groups in total. The molecule has 0 aromatic heterocycles. The van der Waals surface area contributed by atoms with Gasteiger partial charge < -0.3 is 10.2 Å². The molecule has 208 valence electrons. The van der Waals surface area contributed by atoms with Crippen LogP contribution in [0.1, 0.15) is 31.9 Å². The highest BCUT2D eigenvalue weighted by atomic mass is 79.9. The van der Waals surface area contributed by atoms with Gasteiger partial charge in [0.15, 0.2) is 0 Å². The zero-order valence-corrected chi connectivity index (χ0v) is 25.6. The quantitative estimate of drug-likeness (QED) is 0.289. The lowest BCUT2D eigenvalue weighted by molar-refractivity contribution is -0.139. The molecule has 0 radical (unpaired) electrons. The summed E-state index contributed by atoms with van der Waals surface area (Å²) >= 11 is 9.44. The Kier molecular flexibility index (Phi) is 10.6. The molecule has 3 rings (SSSR count). The minimum Gasteiger partial charge on any atom is -0.354 e. The molecule has 0 spiro atoms. The lowest BCUT2D eigenvalue weighted by Crippen LogP contribution is -2.51. The van der Waals surface area contributed by atoms with Gasteiger partial charge in [-0.05, 0) is 73.9 Å². The van der Waals surface area contributed by atoms with Crippen LogP contribution in [-0.2, 0) is 26.2 Å². The molecule has 0 aliphatic rings. The normalized spacial score (nSPS) is 12.2. The van der Waals surface area contributed by atoms with E-state index < -0.39 is 28.5 Å². The first-order valence-corrected chi connectivity index (χ1v) is 15.2. The number of nitrogens with one attached hydrogen (secondary N) is 1. The first-order valence-electron chi connectivity index (χ1n) is 12.5. The average Bonchev–Trinajstić information content (AvgIpc) is 2.89. The van der Waals surface area contributed by atoms with Crippen LogP contribution in [0, 0.1) is 12.8 Å². The number of benzene rings is 3. The molecular formula is C29H33BrClN3O4S. The van der Waals surface area contributed by atoms with E-state index in [0.29, 0.717) is 17.3 Å². The van der Waals surface area contributed by atoms with Crippen molar-refractivity contribution < 1.29 is 18.0 Å². The summed E-state index contributed by atoms with van der Waals surface area (Å²) in [7, 11) is -4.14. The summed E-state index contributed by atoms with van der Waals surface area (Å²) in [5.74, 6) is -0.591. The van der Waals surface area contributed by atoms with Crippen molar-refractivity contribution in [3.05, 3.63) is 93.4 Å². The number of sulfonamides is 1. The van der Waals surface area contributed by atoms with Gasteiger partial charge in [0.2, 0.25) is 11.8 Å². The van der Waals surface area contributed by atoms with Gasteiger partial charge in [-0.25, -0.2) is 8.42 Å². The van der Waals surface area contributed by atoms with E-state index in [0.717, 1.165) is 19.9 Å². The Morgan fingerprint density at radius 3 is 2.21 bits per heavy atom. The van der Waals surface area contributed by atoms with Gasteiger partial charge >= 0.3 is 0 Å². The van der Waals surface area contributed by atoms with Gasteiger partial charge in [0, 0.05) is 22.6 Å². The molecule has 0 aliphatic heterocycles. The second-order valence-corrected chi connectivity index (χ2v) is 13.0. The van der Waals surface area contributed by atoms with Gasteiger partial charge in [0.25, 0.3) is 10.0 Å². The molecule has 7 nitrogen and oxygen atoms in total. The van der Waals surface area contributed by atoms with Crippen molar-refractivity contribution in [2.45, 2.75) is 45.2 Å². The van der Waals surface area contributed by atoms with E-state index >= 15 is 0 Å². The lowest BCUT2D eigenvalue weighted by Gasteiger charge is -2.32. The number of nitrogens with zero attached hydrogens (tertiary/aromatic N) is 2. The van der Waals surface area contributed by atoms with Crippen LogP contribution in [0.2, 0.25) is 5.02 Å². The highest BCUT2D eigenvalue weighted by molar-refractivity contribution is 9.10. The number of hydrogen-bond donors (Lipinski definition) is 1. The standard InChI is InChI=1S/C29H33BrClN3O4S/c1-20(2)17-32-29(36)22(4)33(18-23-6-5-7-24(30)16-23)28(35)19-34(26-12-8-21(3)9-13-26)39(37,38)27-14-10-25(31)11-15-27/h5-16,20,22H,17-19H2,1-4H3,(H,32,36)/t22-/m1/s1. The van der Waals surface area contributed by atoms with Gasteiger partial charge in [-0.2, -0.15) is 0 Å². The zero-order chi connectivity index (χ0) is 28.7. The van der Waals surface area contributed by atoms with Crippen molar-refractivity contribution in [3.63, 3.8) is 0 Å². The van der Waals surface area contributed by atoms with Crippen LogP contribution in [0.5, 0.6) is 0 Å². The van der Waals surface area contributed by atoms with Crippen LogP contribution in [0.25, 0.3) is 0 Å². The summed E-state index contributed by atoms with van der Waals surface area (Å²) in [6.45, 7) is 7.59. The topological polar surface area (TPSA) is 86.8 Å². The number of anilines is 1. The maximum absolute atomic E-state index is 13.9. The van der Waals surface area contributed by atoms with Crippen LogP contribution < -0.4 is 9.62 Å². The van der Waals surface area contributed by atoms with Crippen LogP contribution in [-0.4, -0.2) is 44.3 Å². The van der Waals surface area contributed by atoms with E-state index in [9.17, 15) is 18.0 Å². The number of aryl methyl sites for hydroxylation is 1. The third-order valence-corrected chi connectivity index (χ3v) is 8.63. The number of amides is 2. The SMILES string of the molecule is Cc1ccc(N(CC(=O)N(Cc2cccc(Br)c2)[C@H](C)C(=O)NCC(C)C)S(=O)(=O)c2ccc(Cl)cc2)cc1. The van der Waals surface area contributed by atoms with Crippen molar-refractivity contribution in [1.29, 1.82) is 0 Å². The van der Waals surface area contributed by atoms with Gasteiger partial charge in [-0.1, -0.05) is 71.2 Å². The Bertz CT molecular complexity index is 1400. The molecule has 0 saturated carbocycles. The van der Waals surface area contributed by atoms with E-state index in [2.05, 4.69) is 21.2 Å². The molecule has 0 heterocycles. The molecule has 3 aromatic rings. The van der Waals surface area contributed by atoms with Crippen molar-refractivity contribution >= 4 is 55.1 Å². The summed E-state index contributed by atoms with van der Waals surface area (Å²) in [4.78, 5) is 28.4. The molecule has 10 heteroatoms. The maximum Gasteiger partial charge on any atom is 0.264 e.